The highest BCUT2D eigenvalue weighted by molar-refractivity contribution is 7.89. The Kier molecular flexibility index (Phi) is 7.98. The SMILES string of the molecule is CCOC(=O)C1CCN(C(=O)[C@H](Cc2ccccc2)NS(=O)(=O)c2ccc(F)cc2)CC1. The molecule has 1 amide bonds. The number of rotatable bonds is 8. The second-order valence-electron chi connectivity index (χ2n) is 7.67. The number of amides is 1. The summed E-state index contributed by atoms with van der Waals surface area (Å²) in [7, 11) is -4.05. The van der Waals surface area contributed by atoms with Gasteiger partial charge in [0.15, 0.2) is 0 Å². The molecule has 0 aliphatic carbocycles. The normalized spacial score (nSPS) is 15.9. The van der Waals surface area contributed by atoms with Crippen molar-refractivity contribution < 1.29 is 27.1 Å². The van der Waals surface area contributed by atoms with Gasteiger partial charge in [0.2, 0.25) is 15.9 Å². The summed E-state index contributed by atoms with van der Waals surface area (Å²) in [6.45, 7) is 2.73. The van der Waals surface area contributed by atoms with Crippen LogP contribution in [0.5, 0.6) is 0 Å². The van der Waals surface area contributed by atoms with Crippen molar-refractivity contribution in [3.05, 3.63) is 66.0 Å². The highest BCUT2D eigenvalue weighted by Crippen LogP contribution is 2.21. The number of hydrogen-bond donors (Lipinski definition) is 1. The summed E-state index contributed by atoms with van der Waals surface area (Å²) in [5.41, 5.74) is 0.800. The molecule has 172 valence electrons. The van der Waals surface area contributed by atoms with Crippen molar-refractivity contribution in [1.29, 1.82) is 0 Å². The number of halogens is 1. The summed E-state index contributed by atoms with van der Waals surface area (Å²) in [5.74, 6) is -1.44. The summed E-state index contributed by atoms with van der Waals surface area (Å²) in [6.07, 6.45) is 1.10. The van der Waals surface area contributed by atoms with Crippen molar-refractivity contribution in [2.75, 3.05) is 19.7 Å². The molecule has 0 unspecified atom stereocenters. The molecule has 1 N–H and O–H groups in total. The molecule has 9 heteroatoms. The van der Waals surface area contributed by atoms with E-state index in [4.69, 9.17) is 4.74 Å². The molecule has 0 radical (unpaired) electrons. The lowest BCUT2D eigenvalue weighted by molar-refractivity contribution is -0.151. The maximum absolute atomic E-state index is 13.3. The van der Waals surface area contributed by atoms with Crippen molar-refractivity contribution in [2.45, 2.75) is 37.1 Å². The van der Waals surface area contributed by atoms with Crippen molar-refractivity contribution >= 4 is 21.9 Å². The maximum atomic E-state index is 13.3. The Morgan fingerprint density at radius 3 is 2.31 bits per heavy atom. The molecule has 2 aromatic carbocycles. The van der Waals surface area contributed by atoms with Crippen molar-refractivity contribution in [2.24, 2.45) is 5.92 Å². The fourth-order valence-electron chi connectivity index (χ4n) is 3.71. The van der Waals surface area contributed by atoms with E-state index in [2.05, 4.69) is 4.72 Å². The zero-order valence-corrected chi connectivity index (χ0v) is 18.7. The van der Waals surface area contributed by atoms with Crippen molar-refractivity contribution in [3.63, 3.8) is 0 Å². The molecule has 32 heavy (non-hydrogen) atoms. The second kappa shape index (κ2) is 10.7. The van der Waals surface area contributed by atoms with Crippen LogP contribution in [-0.4, -0.2) is 50.9 Å². The lowest BCUT2D eigenvalue weighted by Gasteiger charge is -2.33. The standard InChI is InChI=1S/C23H27FN2O5S/c1-2-31-23(28)18-12-14-26(15-13-18)22(27)21(16-17-6-4-3-5-7-17)25-32(29,30)20-10-8-19(24)9-11-20/h3-11,18,21,25H,2,12-16H2,1H3/t21-/m0/s1. The van der Waals surface area contributed by atoms with Crippen LogP contribution < -0.4 is 4.72 Å². The van der Waals surface area contributed by atoms with Crippen LogP contribution in [-0.2, 0) is 30.8 Å². The highest BCUT2D eigenvalue weighted by Gasteiger charge is 2.33. The Hall–Kier alpha value is -2.78. The number of hydrogen-bond acceptors (Lipinski definition) is 5. The Labute approximate surface area is 187 Å². The van der Waals surface area contributed by atoms with Gasteiger partial charge in [0.1, 0.15) is 11.9 Å². The summed E-state index contributed by atoms with van der Waals surface area (Å²) in [5, 5.41) is 0. The van der Waals surface area contributed by atoms with Crippen LogP contribution in [0.1, 0.15) is 25.3 Å². The van der Waals surface area contributed by atoms with E-state index in [1.54, 1.807) is 11.8 Å². The van der Waals surface area contributed by atoms with Crippen LogP contribution in [0.3, 0.4) is 0 Å². The Morgan fingerprint density at radius 1 is 1.09 bits per heavy atom. The number of ether oxygens (including phenoxy) is 1. The number of likely N-dealkylation sites (tertiary alicyclic amines) is 1. The molecule has 1 atom stereocenters. The number of nitrogens with one attached hydrogen (secondary N) is 1. The van der Waals surface area contributed by atoms with E-state index in [1.807, 2.05) is 30.3 Å². The van der Waals surface area contributed by atoms with Crippen molar-refractivity contribution in [1.82, 2.24) is 9.62 Å². The number of benzene rings is 2. The summed E-state index contributed by atoms with van der Waals surface area (Å²) < 4.78 is 46.5. The van der Waals surface area contributed by atoms with E-state index in [0.29, 0.717) is 32.5 Å². The second-order valence-corrected chi connectivity index (χ2v) is 9.38. The maximum Gasteiger partial charge on any atom is 0.309 e. The third-order valence-electron chi connectivity index (χ3n) is 5.43. The molecule has 1 saturated heterocycles. The first-order valence-electron chi connectivity index (χ1n) is 10.6. The van der Waals surface area contributed by atoms with Gasteiger partial charge in [-0.3, -0.25) is 9.59 Å². The Morgan fingerprint density at radius 2 is 1.72 bits per heavy atom. The minimum Gasteiger partial charge on any atom is -0.466 e. The smallest absolute Gasteiger partial charge is 0.309 e. The third kappa shape index (κ3) is 6.14. The molecule has 2 aromatic rings. The predicted octanol–water partition coefficient (Wildman–Crippen LogP) is 2.52. The molecule has 3 rings (SSSR count). The summed E-state index contributed by atoms with van der Waals surface area (Å²) >= 11 is 0. The van der Waals surface area contributed by atoms with Gasteiger partial charge in [-0.25, -0.2) is 12.8 Å². The van der Waals surface area contributed by atoms with Gasteiger partial charge in [-0.05, 0) is 56.0 Å². The highest BCUT2D eigenvalue weighted by atomic mass is 32.2. The van der Waals surface area contributed by atoms with Gasteiger partial charge in [-0.2, -0.15) is 4.72 Å². The first kappa shape index (κ1) is 23.9. The lowest BCUT2D eigenvalue weighted by atomic mass is 9.96. The van der Waals surface area contributed by atoms with Crippen LogP contribution in [0.25, 0.3) is 0 Å². The molecule has 0 spiro atoms. The minimum atomic E-state index is -4.05. The number of sulfonamides is 1. The molecule has 1 aliphatic heterocycles. The average Bonchev–Trinajstić information content (AvgIpc) is 2.79. The number of carbonyl (C=O) groups excluding carboxylic acids is 2. The molecular formula is C23H27FN2O5S. The molecule has 1 heterocycles. The first-order valence-corrected chi connectivity index (χ1v) is 12.1. The van der Waals surface area contributed by atoms with Crippen LogP contribution in [0, 0.1) is 11.7 Å². The van der Waals surface area contributed by atoms with E-state index in [0.717, 1.165) is 29.8 Å². The zero-order valence-electron chi connectivity index (χ0n) is 17.9. The third-order valence-corrected chi connectivity index (χ3v) is 6.92. The van der Waals surface area contributed by atoms with Crippen LogP contribution in [0.2, 0.25) is 0 Å². The average molecular weight is 463 g/mol. The monoisotopic (exact) mass is 462 g/mol. The molecule has 7 nitrogen and oxygen atoms in total. The number of esters is 1. The quantitative estimate of drug-likeness (QED) is 0.609. The zero-order chi connectivity index (χ0) is 23.1. The van der Waals surface area contributed by atoms with Crippen LogP contribution in [0.15, 0.2) is 59.5 Å². The first-order chi connectivity index (χ1) is 15.3. The van der Waals surface area contributed by atoms with E-state index < -0.39 is 21.9 Å². The predicted molar refractivity (Wildman–Crippen MR) is 117 cm³/mol. The number of carbonyl (C=O) groups is 2. The number of nitrogens with zero attached hydrogens (tertiary/aromatic N) is 1. The van der Waals surface area contributed by atoms with E-state index in [1.165, 1.54) is 0 Å². The van der Waals surface area contributed by atoms with E-state index in [9.17, 15) is 22.4 Å². The fourth-order valence-corrected chi connectivity index (χ4v) is 4.90. The largest absolute Gasteiger partial charge is 0.466 e. The molecule has 0 bridgehead atoms. The van der Waals surface area contributed by atoms with Gasteiger partial charge in [-0.15, -0.1) is 0 Å². The van der Waals surface area contributed by atoms with Gasteiger partial charge in [0.05, 0.1) is 17.4 Å². The Bertz CT molecular complexity index is 1020. The van der Waals surface area contributed by atoms with Crippen LogP contribution in [0.4, 0.5) is 4.39 Å². The van der Waals surface area contributed by atoms with Crippen molar-refractivity contribution in [3.8, 4) is 0 Å². The molecule has 0 saturated carbocycles. The number of piperidine rings is 1. The molecule has 0 aromatic heterocycles. The van der Waals surface area contributed by atoms with Gasteiger partial charge >= 0.3 is 5.97 Å². The summed E-state index contributed by atoms with van der Waals surface area (Å²) in [4.78, 5) is 26.7. The van der Waals surface area contributed by atoms with Gasteiger partial charge in [0, 0.05) is 13.1 Å². The van der Waals surface area contributed by atoms with Gasteiger partial charge < -0.3 is 9.64 Å². The van der Waals surface area contributed by atoms with Gasteiger partial charge in [0.25, 0.3) is 0 Å². The van der Waals surface area contributed by atoms with E-state index in [-0.39, 0.29) is 29.1 Å². The van der Waals surface area contributed by atoms with Crippen LogP contribution >= 0.6 is 0 Å². The van der Waals surface area contributed by atoms with Gasteiger partial charge in [-0.1, -0.05) is 30.3 Å². The fraction of sp³-hybridized carbons (Fsp3) is 0.391. The summed E-state index contributed by atoms with van der Waals surface area (Å²) in [6, 6.07) is 12.5. The lowest BCUT2D eigenvalue weighted by Crippen LogP contribution is -2.52. The molecular weight excluding hydrogens is 435 g/mol. The minimum absolute atomic E-state index is 0.120. The van der Waals surface area contributed by atoms with E-state index >= 15 is 0 Å². The topological polar surface area (TPSA) is 92.8 Å². The molecule has 1 aliphatic rings. The Balaban J connectivity index is 1.76. The molecule has 1 fully saturated rings.